The second-order valence-electron chi connectivity index (χ2n) is 4.02. The maximum atomic E-state index is 11.5. The molecule has 0 saturated heterocycles. The van der Waals surface area contributed by atoms with Gasteiger partial charge in [-0.3, -0.25) is 4.79 Å². The fraction of sp³-hybridized carbons (Fsp3) is 0.333. The van der Waals surface area contributed by atoms with Crippen molar-refractivity contribution in [3.05, 3.63) is 42.0 Å². The highest BCUT2D eigenvalue weighted by Crippen LogP contribution is 2.17. The van der Waals surface area contributed by atoms with Crippen molar-refractivity contribution in [1.82, 2.24) is 5.32 Å². The van der Waals surface area contributed by atoms with E-state index < -0.39 is 5.97 Å². The molecule has 0 saturated carbocycles. The third kappa shape index (κ3) is 5.56. The number of amides is 1. The first kappa shape index (κ1) is 15.8. The quantitative estimate of drug-likeness (QED) is 0.605. The molecule has 20 heavy (non-hydrogen) atoms. The minimum Gasteiger partial charge on any atom is -0.496 e. The topological polar surface area (TPSA) is 64.6 Å². The van der Waals surface area contributed by atoms with E-state index in [-0.39, 0.29) is 12.5 Å². The van der Waals surface area contributed by atoms with E-state index in [1.54, 1.807) is 20.1 Å². The number of allylic oxidation sites excluding steroid dienone is 1. The van der Waals surface area contributed by atoms with Crippen LogP contribution in [0.5, 0.6) is 5.75 Å². The van der Waals surface area contributed by atoms with Gasteiger partial charge in [-0.25, -0.2) is 4.79 Å². The molecule has 1 N–H and O–H groups in total. The van der Waals surface area contributed by atoms with Gasteiger partial charge >= 0.3 is 5.97 Å². The molecule has 0 aliphatic rings. The lowest BCUT2D eigenvalue weighted by Gasteiger charge is -2.09. The van der Waals surface area contributed by atoms with Gasteiger partial charge in [0.05, 0.1) is 7.11 Å². The Balaban J connectivity index is 2.30. The average molecular weight is 277 g/mol. The Labute approximate surface area is 118 Å². The number of carbonyl (C=O) groups is 2. The zero-order chi connectivity index (χ0) is 14.8. The standard InChI is InChI=1S/C15H19NO4/c1-3-6-15(18)20-11-14(17)16-10-9-12-7-4-5-8-13(12)19-2/h3-8H,9-11H2,1-2H3,(H,16,17)/b6-3+. The minimum atomic E-state index is -0.521. The zero-order valence-corrected chi connectivity index (χ0v) is 11.7. The van der Waals surface area contributed by atoms with E-state index in [1.807, 2.05) is 24.3 Å². The van der Waals surface area contributed by atoms with Crippen LogP contribution < -0.4 is 10.1 Å². The second-order valence-corrected chi connectivity index (χ2v) is 4.02. The van der Waals surface area contributed by atoms with Crippen LogP contribution in [0.1, 0.15) is 12.5 Å². The van der Waals surface area contributed by atoms with E-state index in [1.165, 1.54) is 6.08 Å². The highest BCUT2D eigenvalue weighted by atomic mass is 16.5. The van der Waals surface area contributed by atoms with Crippen molar-refractivity contribution in [3.63, 3.8) is 0 Å². The Morgan fingerprint density at radius 3 is 2.75 bits per heavy atom. The highest BCUT2D eigenvalue weighted by molar-refractivity contribution is 5.85. The molecule has 0 radical (unpaired) electrons. The summed E-state index contributed by atoms with van der Waals surface area (Å²) in [6, 6.07) is 7.62. The maximum Gasteiger partial charge on any atom is 0.330 e. The van der Waals surface area contributed by atoms with E-state index in [0.717, 1.165) is 11.3 Å². The molecule has 108 valence electrons. The van der Waals surface area contributed by atoms with Gasteiger partial charge in [-0.15, -0.1) is 0 Å². The number of para-hydroxylation sites is 1. The van der Waals surface area contributed by atoms with Gasteiger partial charge in [-0.05, 0) is 25.0 Å². The summed E-state index contributed by atoms with van der Waals surface area (Å²) in [6.07, 6.45) is 3.47. The molecule has 1 aromatic rings. The number of hydrogen-bond donors (Lipinski definition) is 1. The fourth-order valence-corrected chi connectivity index (χ4v) is 1.62. The molecule has 5 nitrogen and oxygen atoms in total. The Hall–Kier alpha value is -2.30. The van der Waals surface area contributed by atoms with Gasteiger partial charge in [-0.2, -0.15) is 0 Å². The lowest BCUT2D eigenvalue weighted by molar-refractivity contribution is -0.143. The molecular weight excluding hydrogens is 258 g/mol. The van der Waals surface area contributed by atoms with Crippen molar-refractivity contribution in [2.24, 2.45) is 0 Å². The monoisotopic (exact) mass is 277 g/mol. The Kier molecular flexibility index (Phi) is 6.89. The molecule has 5 heteroatoms. The van der Waals surface area contributed by atoms with Crippen LogP contribution in [0, 0.1) is 0 Å². The molecule has 1 amide bonds. The molecule has 0 heterocycles. The van der Waals surface area contributed by atoms with Crippen molar-refractivity contribution in [3.8, 4) is 5.75 Å². The molecule has 0 aliphatic carbocycles. The first-order valence-electron chi connectivity index (χ1n) is 6.35. The number of ether oxygens (including phenoxy) is 2. The largest absolute Gasteiger partial charge is 0.496 e. The number of rotatable bonds is 7. The van der Waals surface area contributed by atoms with Crippen LogP contribution in [-0.4, -0.2) is 32.1 Å². The molecule has 1 rings (SSSR count). The van der Waals surface area contributed by atoms with Gasteiger partial charge < -0.3 is 14.8 Å². The summed E-state index contributed by atoms with van der Waals surface area (Å²) in [5.41, 5.74) is 1.02. The number of hydrogen-bond acceptors (Lipinski definition) is 4. The summed E-state index contributed by atoms with van der Waals surface area (Å²) in [7, 11) is 1.61. The van der Waals surface area contributed by atoms with E-state index in [0.29, 0.717) is 13.0 Å². The summed E-state index contributed by atoms with van der Waals surface area (Å²) < 4.78 is 9.95. The van der Waals surface area contributed by atoms with Gasteiger partial charge in [0.15, 0.2) is 6.61 Å². The summed E-state index contributed by atoms with van der Waals surface area (Å²) in [6.45, 7) is 1.89. The predicted octanol–water partition coefficient (Wildman–Crippen LogP) is 1.47. The van der Waals surface area contributed by atoms with Crippen LogP contribution in [0.25, 0.3) is 0 Å². The molecule has 0 unspecified atom stereocenters. The Morgan fingerprint density at radius 2 is 2.05 bits per heavy atom. The van der Waals surface area contributed by atoms with Gasteiger partial charge in [0, 0.05) is 12.6 Å². The fourth-order valence-electron chi connectivity index (χ4n) is 1.62. The Morgan fingerprint density at radius 1 is 1.30 bits per heavy atom. The van der Waals surface area contributed by atoms with Crippen molar-refractivity contribution in [2.75, 3.05) is 20.3 Å². The number of benzene rings is 1. The van der Waals surface area contributed by atoms with Gasteiger partial charge in [0.2, 0.25) is 0 Å². The van der Waals surface area contributed by atoms with E-state index >= 15 is 0 Å². The molecule has 0 atom stereocenters. The lowest BCUT2D eigenvalue weighted by atomic mass is 10.1. The smallest absolute Gasteiger partial charge is 0.330 e. The number of methoxy groups -OCH3 is 1. The second kappa shape index (κ2) is 8.74. The summed E-state index contributed by atoms with van der Waals surface area (Å²) in [5.74, 6) is -0.0496. The van der Waals surface area contributed by atoms with Crippen LogP contribution in [0.4, 0.5) is 0 Å². The highest BCUT2D eigenvalue weighted by Gasteiger charge is 2.05. The summed E-state index contributed by atoms with van der Waals surface area (Å²) in [4.78, 5) is 22.5. The molecule has 1 aromatic carbocycles. The third-order valence-electron chi connectivity index (χ3n) is 2.56. The first-order valence-corrected chi connectivity index (χ1v) is 6.35. The number of carbonyl (C=O) groups excluding carboxylic acids is 2. The van der Waals surface area contributed by atoms with Crippen LogP contribution >= 0.6 is 0 Å². The third-order valence-corrected chi connectivity index (χ3v) is 2.56. The van der Waals surface area contributed by atoms with Gasteiger partial charge in [0.1, 0.15) is 5.75 Å². The lowest BCUT2D eigenvalue weighted by Crippen LogP contribution is -2.30. The van der Waals surface area contributed by atoms with Gasteiger partial charge in [0.25, 0.3) is 5.91 Å². The minimum absolute atomic E-state index is 0.269. The number of nitrogens with one attached hydrogen (secondary N) is 1. The van der Waals surface area contributed by atoms with E-state index in [2.05, 4.69) is 5.32 Å². The van der Waals surface area contributed by atoms with Crippen molar-refractivity contribution in [1.29, 1.82) is 0 Å². The van der Waals surface area contributed by atoms with Crippen molar-refractivity contribution in [2.45, 2.75) is 13.3 Å². The van der Waals surface area contributed by atoms with Crippen LogP contribution in [-0.2, 0) is 20.7 Å². The average Bonchev–Trinajstić information content (AvgIpc) is 2.46. The molecule has 0 aliphatic heterocycles. The Bertz CT molecular complexity index is 483. The molecule has 0 bridgehead atoms. The van der Waals surface area contributed by atoms with Crippen molar-refractivity contribution >= 4 is 11.9 Å². The SMILES string of the molecule is C/C=C/C(=O)OCC(=O)NCCc1ccccc1OC. The molecule has 0 aromatic heterocycles. The van der Waals surface area contributed by atoms with Crippen molar-refractivity contribution < 1.29 is 19.1 Å². The van der Waals surface area contributed by atoms with Gasteiger partial charge in [-0.1, -0.05) is 24.3 Å². The first-order chi connectivity index (χ1) is 9.67. The van der Waals surface area contributed by atoms with E-state index in [9.17, 15) is 9.59 Å². The summed E-state index contributed by atoms with van der Waals surface area (Å²) in [5, 5.41) is 2.68. The normalized spacial score (nSPS) is 10.3. The zero-order valence-electron chi connectivity index (χ0n) is 11.7. The molecular formula is C15H19NO4. The predicted molar refractivity (Wildman–Crippen MR) is 75.5 cm³/mol. The van der Waals surface area contributed by atoms with Crippen LogP contribution in [0.15, 0.2) is 36.4 Å². The summed E-state index contributed by atoms with van der Waals surface area (Å²) >= 11 is 0. The van der Waals surface area contributed by atoms with Crippen LogP contribution in [0.2, 0.25) is 0 Å². The number of esters is 1. The molecule has 0 spiro atoms. The van der Waals surface area contributed by atoms with E-state index in [4.69, 9.17) is 9.47 Å². The maximum absolute atomic E-state index is 11.5. The van der Waals surface area contributed by atoms with Crippen LogP contribution in [0.3, 0.4) is 0 Å². The molecule has 0 fully saturated rings.